The summed E-state index contributed by atoms with van der Waals surface area (Å²) < 4.78 is 0. The zero-order chi connectivity index (χ0) is 13.8. The van der Waals surface area contributed by atoms with E-state index in [9.17, 15) is 0 Å². The fraction of sp³-hybridized carbons (Fsp3) is 0.333. The standard InChI is InChI=1S/C18H22N2.ClH/c19-18(12-14-6-7-14)16-8-10-17(11-9-16)20-13-15-4-2-1-3-5-15;/h1-5,8-11,14,18,20H,6-7,12-13,19H2;1H/t18-;/m0./s1. The Kier molecular flexibility index (Phi) is 5.66. The van der Waals surface area contributed by atoms with E-state index in [1.807, 2.05) is 6.07 Å². The fourth-order valence-electron chi connectivity index (χ4n) is 2.50. The molecule has 2 aromatic rings. The van der Waals surface area contributed by atoms with Gasteiger partial charge >= 0.3 is 0 Å². The largest absolute Gasteiger partial charge is 0.381 e. The first-order valence-corrected chi connectivity index (χ1v) is 7.44. The van der Waals surface area contributed by atoms with E-state index in [1.165, 1.54) is 24.0 Å². The summed E-state index contributed by atoms with van der Waals surface area (Å²) in [5, 5.41) is 3.44. The molecule has 21 heavy (non-hydrogen) atoms. The molecule has 112 valence electrons. The highest BCUT2D eigenvalue weighted by molar-refractivity contribution is 5.85. The maximum Gasteiger partial charge on any atom is 0.0400 e. The van der Waals surface area contributed by atoms with Crippen LogP contribution in [0.1, 0.15) is 36.4 Å². The zero-order valence-corrected chi connectivity index (χ0v) is 13.0. The summed E-state index contributed by atoms with van der Waals surface area (Å²) >= 11 is 0. The van der Waals surface area contributed by atoms with E-state index in [-0.39, 0.29) is 18.4 Å². The molecule has 0 bridgehead atoms. The highest BCUT2D eigenvalue weighted by Crippen LogP contribution is 2.36. The lowest BCUT2D eigenvalue weighted by Gasteiger charge is -2.13. The first kappa shape index (κ1) is 15.9. The summed E-state index contributed by atoms with van der Waals surface area (Å²) in [5.41, 5.74) is 9.93. The molecule has 3 N–H and O–H groups in total. The van der Waals surface area contributed by atoms with Gasteiger partial charge < -0.3 is 11.1 Å². The number of halogens is 1. The Balaban J connectivity index is 0.00000161. The Morgan fingerprint density at radius 1 is 1.00 bits per heavy atom. The number of hydrogen-bond acceptors (Lipinski definition) is 2. The van der Waals surface area contributed by atoms with Crippen LogP contribution in [0.5, 0.6) is 0 Å². The SMILES string of the molecule is Cl.N[C@@H](CC1CC1)c1ccc(NCc2ccccc2)cc1. The van der Waals surface area contributed by atoms with Gasteiger partial charge in [-0.15, -0.1) is 12.4 Å². The number of nitrogens with two attached hydrogens (primary N) is 1. The van der Waals surface area contributed by atoms with Crippen molar-refractivity contribution in [2.75, 3.05) is 5.32 Å². The van der Waals surface area contributed by atoms with E-state index in [1.54, 1.807) is 0 Å². The maximum absolute atomic E-state index is 6.23. The van der Waals surface area contributed by atoms with Gasteiger partial charge in [-0.05, 0) is 35.6 Å². The van der Waals surface area contributed by atoms with Gasteiger partial charge in [0, 0.05) is 18.3 Å². The van der Waals surface area contributed by atoms with Crippen molar-refractivity contribution >= 4 is 18.1 Å². The Bertz CT molecular complexity index is 535. The number of rotatable bonds is 6. The van der Waals surface area contributed by atoms with Gasteiger partial charge in [0.15, 0.2) is 0 Å². The predicted molar refractivity (Wildman–Crippen MR) is 91.7 cm³/mol. The summed E-state index contributed by atoms with van der Waals surface area (Å²) in [5.74, 6) is 0.876. The molecule has 2 nitrogen and oxygen atoms in total. The van der Waals surface area contributed by atoms with Crippen molar-refractivity contribution in [2.24, 2.45) is 11.7 Å². The van der Waals surface area contributed by atoms with Crippen molar-refractivity contribution in [1.29, 1.82) is 0 Å². The van der Waals surface area contributed by atoms with Crippen molar-refractivity contribution in [3.05, 3.63) is 65.7 Å². The van der Waals surface area contributed by atoms with Gasteiger partial charge in [0.2, 0.25) is 0 Å². The normalized spacial score (nSPS) is 15.1. The van der Waals surface area contributed by atoms with Gasteiger partial charge in [-0.1, -0.05) is 55.3 Å². The van der Waals surface area contributed by atoms with Crippen molar-refractivity contribution in [3.8, 4) is 0 Å². The molecule has 0 unspecified atom stereocenters. The Hall–Kier alpha value is -1.51. The van der Waals surface area contributed by atoms with Crippen molar-refractivity contribution in [3.63, 3.8) is 0 Å². The van der Waals surface area contributed by atoms with Crippen LogP contribution in [0.4, 0.5) is 5.69 Å². The van der Waals surface area contributed by atoms with Crippen LogP contribution in [0.15, 0.2) is 54.6 Å². The third-order valence-corrected chi connectivity index (χ3v) is 3.96. The number of benzene rings is 2. The fourth-order valence-corrected chi connectivity index (χ4v) is 2.50. The van der Waals surface area contributed by atoms with Crippen molar-refractivity contribution in [2.45, 2.75) is 31.8 Å². The molecule has 3 rings (SSSR count). The quantitative estimate of drug-likeness (QED) is 0.823. The average molecular weight is 303 g/mol. The van der Waals surface area contributed by atoms with E-state index in [4.69, 9.17) is 5.73 Å². The molecule has 1 fully saturated rings. The predicted octanol–water partition coefficient (Wildman–Crippen LogP) is 4.52. The van der Waals surface area contributed by atoms with Crippen LogP contribution in [0, 0.1) is 5.92 Å². The number of nitrogens with one attached hydrogen (secondary N) is 1. The van der Waals surface area contributed by atoms with Gasteiger partial charge in [0.25, 0.3) is 0 Å². The molecule has 0 aliphatic heterocycles. The van der Waals surface area contributed by atoms with Gasteiger partial charge in [0.05, 0.1) is 0 Å². The summed E-state index contributed by atoms with van der Waals surface area (Å²) in [4.78, 5) is 0. The molecule has 3 heteroatoms. The lowest BCUT2D eigenvalue weighted by molar-refractivity contribution is 0.597. The second-order valence-corrected chi connectivity index (χ2v) is 5.75. The third kappa shape index (κ3) is 4.76. The first-order valence-electron chi connectivity index (χ1n) is 7.44. The lowest BCUT2D eigenvalue weighted by atomic mass is 10.0. The minimum Gasteiger partial charge on any atom is -0.381 e. The van der Waals surface area contributed by atoms with Crippen LogP contribution in [0.2, 0.25) is 0 Å². The Morgan fingerprint density at radius 2 is 1.67 bits per heavy atom. The molecule has 2 aromatic carbocycles. The van der Waals surface area contributed by atoms with Crippen LogP contribution in [-0.2, 0) is 6.54 Å². The topological polar surface area (TPSA) is 38.0 Å². The van der Waals surface area contributed by atoms with E-state index >= 15 is 0 Å². The van der Waals surface area contributed by atoms with Crippen LogP contribution in [-0.4, -0.2) is 0 Å². The third-order valence-electron chi connectivity index (χ3n) is 3.96. The molecular formula is C18H23ClN2. The van der Waals surface area contributed by atoms with Crippen molar-refractivity contribution in [1.82, 2.24) is 0 Å². The number of hydrogen-bond donors (Lipinski definition) is 2. The van der Waals surface area contributed by atoms with Gasteiger partial charge in [-0.3, -0.25) is 0 Å². The smallest absolute Gasteiger partial charge is 0.0400 e. The summed E-state index contributed by atoms with van der Waals surface area (Å²) in [6.07, 6.45) is 3.87. The second-order valence-electron chi connectivity index (χ2n) is 5.75. The Labute approximate surface area is 133 Å². The van der Waals surface area contributed by atoms with Gasteiger partial charge in [0.1, 0.15) is 0 Å². The van der Waals surface area contributed by atoms with Crippen LogP contribution in [0.25, 0.3) is 0 Å². The van der Waals surface area contributed by atoms with Crippen LogP contribution in [0.3, 0.4) is 0 Å². The van der Waals surface area contributed by atoms with E-state index in [2.05, 4.69) is 53.8 Å². The number of anilines is 1. The first-order chi connectivity index (χ1) is 9.81. The van der Waals surface area contributed by atoms with E-state index < -0.39 is 0 Å². The van der Waals surface area contributed by atoms with E-state index in [0.717, 1.165) is 24.6 Å². The van der Waals surface area contributed by atoms with Gasteiger partial charge in [-0.25, -0.2) is 0 Å². The van der Waals surface area contributed by atoms with Crippen LogP contribution < -0.4 is 11.1 Å². The highest BCUT2D eigenvalue weighted by Gasteiger charge is 2.24. The summed E-state index contributed by atoms with van der Waals surface area (Å²) in [6, 6.07) is 19.2. The summed E-state index contributed by atoms with van der Waals surface area (Å²) in [7, 11) is 0. The minimum absolute atomic E-state index is 0. The van der Waals surface area contributed by atoms with Gasteiger partial charge in [-0.2, -0.15) is 0 Å². The molecular weight excluding hydrogens is 280 g/mol. The summed E-state index contributed by atoms with van der Waals surface area (Å²) in [6.45, 7) is 0.855. The van der Waals surface area contributed by atoms with Crippen LogP contribution >= 0.6 is 12.4 Å². The van der Waals surface area contributed by atoms with Crippen molar-refractivity contribution < 1.29 is 0 Å². The molecule has 0 aromatic heterocycles. The molecule has 0 saturated heterocycles. The molecule has 1 saturated carbocycles. The Morgan fingerprint density at radius 3 is 2.29 bits per heavy atom. The zero-order valence-electron chi connectivity index (χ0n) is 12.2. The molecule has 1 aliphatic rings. The molecule has 0 spiro atoms. The minimum atomic E-state index is 0. The molecule has 0 radical (unpaired) electrons. The highest BCUT2D eigenvalue weighted by atomic mass is 35.5. The van der Waals surface area contributed by atoms with E-state index in [0.29, 0.717) is 0 Å². The molecule has 0 heterocycles. The monoisotopic (exact) mass is 302 g/mol. The molecule has 0 amide bonds. The maximum atomic E-state index is 6.23. The molecule has 1 aliphatic carbocycles. The second kappa shape index (κ2) is 7.48. The average Bonchev–Trinajstić information content (AvgIpc) is 3.31. The molecule has 1 atom stereocenters. The lowest BCUT2D eigenvalue weighted by Crippen LogP contribution is -2.11.